The molecule has 0 saturated carbocycles. The van der Waals surface area contributed by atoms with Crippen molar-refractivity contribution in [3.8, 4) is 27.3 Å². The molecule has 0 bridgehead atoms. The van der Waals surface area contributed by atoms with Crippen molar-refractivity contribution in [1.82, 2.24) is 0 Å². The molecule has 144 valence electrons. The van der Waals surface area contributed by atoms with Gasteiger partial charge in [0.25, 0.3) is 0 Å². The molecule has 1 heterocycles. The van der Waals surface area contributed by atoms with Gasteiger partial charge in [0, 0.05) is 26.8 Å². The maximum absolute atomic E-state index is 14.7. The van der Waals surface area contributed by atoms with Crippen LogP contribution in [0.4, 0.5) is 13.2 Å². The van der Waals surface area contributed by atoms with Gasteiger partial charge in [0.05, 0.1) is 6.61 Å². The highest BCUT2D eigenvalue weighted by Gasteiger charge is 2.20. The summed E-state index contributed by atoms with van der Waals surface area (Å²) in [5.74, 6) is -2.71. The van der Waals surface area contributed by atoms with E-state index >= 15 is 0 Å². The van der Waals surface area contributed by atoms with Crippen molar-refractivity contribution in [2.75, 3.05) is 6.61 Å². The third-order valence-electron chi connectivity index (χ3n) is 4.90. The Morgan fingerprint density at radius 3 is 2.50 bits per heavy atom. The fourth-order valence-electron chi connectivity index (χ4n) is 3.36. The first-order valence-electron chi connectivity index (χ1n) is 9.17. The van der Waals surface area contributed by atoms with Gasteiger partial charge in [0.15, 0.2) is 11.6 Å². The van der Waals surface area contributed by atoms with Crippen molar-refractivity contribution in [1.29, 1.82) is 0 Å². The van der Waals surface area contributed by atoms with Crippen LogP contribution in [0.3, 0.4) is 0 Å². The summed E-state index contributed by atoms with van der Waals surface area (Å²) in [6.45, 7) is 2.28. The van der Waals surface area contributed by atoms with Crippen molar-refractivity contribution >= 4 is 11.3 Å². The molecule has 0 amide bonds. The van der Waals surface area contributed by atoms with Crippen LogP contribution in [0.1, 0.15) is 17.7 Å². The first kappa shape index (κ1) is 18.8. The third-order valence-corrected chi connectivity index (χ3v) is 5.95. The number of aryl methyl sites for hydroxylation is 1. The zero-order valence-electron chi connectivity index (χ0n) is 15.3. The monoisotopic (exact) mass is 400 g/mol. The number of halogens is 3. The van der Waals surface area contributed by atoms with Gasteiger partial charge in [0.2, 0.25) is 5.82 Å². The molecule has 2 aromatic carbocycles. The van der Waals surface area contributed by atoms with Gasteiger partial charge in [-0.25, -0.2) is 8.78 Å². The van der Waals surface area contributed by atoms with Gasteiger partial charge in [-0.05, 0) is 55.7 Å². The highest BCUT2D eigenvalue weighted by Crippen LogP contribution is 2.35. The molecule has 0 fully saturated rings. The van der Waals surface area contributed by atoms with Crippen LogP contribution >= 0.6 is 11.3 Å². The van der Waals surface area contributed by atoms with E-state index in [4.69, 9.17) is 4.74 Å². The first-order valence-corrected chi connectivity index (χ1v) is 9.99. The van der Waals surface area contributed by atoms with Crippen molar-refractivity contribution in [3.05, 3.63) is 76.9 Å². The summed E-state index contributed by atoms with van der Waals surface area (Å²) in [5.41, 5.74) is 0.625. The lowest BCUT2D eigenvalue weighted by Gasteiger charge is -2.13. The summed E-state index contributed by atoms with van der Waals surface area (Å²) >= 11 is 1.55. The zero-order valence-corrected chi connectivity index (χ0v) is 16.2. The van der Waals surface area contributed by atoms with Gasteiger partial charge in [-0.2, -0.15) is 4.39 Å². The third kappa shape index (κ3) is 3.72. The number of hydrogen-bond donors (Lipinski definition) is 0. The van der Waals surface area contributed by atoms with Crippen LogP contribution < -0.4 is 4.74 Å². The van der Waals surface area contributed by atoms with Crippen molar-refractivity contribution < 1.29 is 17.9 Å². The van der Waals surface area contributed by atoms with Crippen molar-refractivity contribution in [3.63, 3.8) is 0 Å². The minimum absolute atomic E-state index is 0.0266. The number of rotatable bonds is 5. The molecule has 0 aliphatic heterocycles. The molecule has 0 N–H and O–H groups in total. The Morgan fingerprint density at radius 1 is 1.00 bits per heavy atom. The van der Waals surface area contributed by atoms with E-state index in [0.29, 0.717) is 12.2 Å². The molecule has 0 saturated heterocycles. The Morgan fingerprint density at radius 2 is 1.82 bits per heavy atom. The van der Waals surface area contributed by atoms with Crippen LogP contribution in [0.15, 0.2) is 54.6 Å². The molecular weight excluding hydrogens is 381 g/mol. The molecular formula is C23H19F3OS. The number of allylic oxidation sites excluding steroid dienone is 1. The fourth-order valence-corrected chi connectivity index (χ4v) is 4.22. The van der Waals surface area contributed by atoms with Gasteiger partial charge in [0.1, 0.15) is 5.82 Å². The van der Waals surface area contributed by atoms with E-state index in [2.05, 4.69) is 6.08 Å². The Labute approximate surface area is 166 Å². The summed E-state index contributed by atoms with van der Waals surface area (Å²) in [7, 11) is 0. The lowest BCUT2D eigenvalue weighted by atomic mass is 10.0. The topological polar surface area (TPSA) is 9.23 Å². The lowest BCUT2D eigenvalue weighted by molar-refractivity contribution is 0.258. The highest BCUT2D eigenvalue weighted by atomic mass is 32.1. The second kappa shape index (κ2) is 7.84. The summed E-state index contributed by atoms with van der Waals surface area (Å²) in [6, 6.07) is 11.2. The van der Waals surface area contributed by atoms with Gasteiger partial charge < -0.3 is 4.74 Å². The minimum Gasteiger partial charge on any atom is -0.490 e. The maximum atomic E-state index is 14.7. The molecule has 1 aliphatic rings. The average Bonchev–Trinajstić information content (AvgIpc) is 3.35. The molecule has 28 heavy (non-hydrogen) atoms. The predicted molar refractivity (Wildman–Crippen MR) is 107 cm³/mol. The van der Waals surface area contributed by atoms with E-state index in [1.165, 1.54) is 24.3 Å². The van der Waals surface area contributed by atoms with Crippen LogP contribution in [-0.4, -0.2) is 6.61 Å². The van der Waals surface area contributed by atoms with Crippen LogP contribution in [-0.2, 0) is 0 Å². The van der Waals surface area contributed by atoms with Crippen LogP contribution in [0.25, 0.3) is 21.6 Å². The Bertz CT molecular complexity index is 1040. The Balaban J connectivity index is 1.60. The van der Waals surface area contributed by atoms with Gasteiger partial charge in [-0.15, -0.1) is 11.3 Å². The average molecular weight is 400 g/mol. The fraction of sp³-hybridized carbons (Fsp3) is 0.217. The molecule has 0 spiro atoms. The molecule has 1 unspecified atom stereocenters. The first-order chi connectivity index (χ1) is 13.5. The van der Waals surface area contributed by atoms with Crippen LogP contribution in [0.2, 0.25) is 0 Å². The minimum atomic E-state index is -1.10. The van der Waals surface area contributed by atoms with Gasteiger partial charge in [-0.1, -0.05) is 24.3 Å². The lowest BCUT2D eigenvalue weighted by Crippen LogP contribution is -2.09. The summed E-state index contributed by atoms with van der Waals surface area (Å²) in [4.78, 5) is 2.05. The highest BCUT2D eigenvalue weighted by molar-refractivity contribution is 7.15. The van der Waals surface area contributed by atoms with Gasteiger partial charge in [-0.3, -0.25) is 0 Å². The van der Waals surface area contributed by atoms with Crippen LogP contribution in [0.5, 0.6) is 5.75 Å². The van der Waals surface area contributed by atoms with E-state index < -0.39 is 17.5 Å². The Kier molecular flexibility index (Phi) is 5.27. The van der Waals surface area contributed by atoms with E-state index in [0.717, 1.165) is 22.6 Å². The van der Waals surface area contributed by atoms with E-state index in [9.17, 15) is 13.2 Å². The maximum Gasteiger partial charge on any atom is 0.201 e. The summed E-state index contributed by atoms with van der Waals surface area (Å²) < 4.78 is 49.2. The molecule has 1 nitrogen and oxygen atoms in total. The van der Waals surface area contributed by atoms with Crippen molar-refractivity contribution in [2.45, 2.75) is 19.8 Å². The molecule has 5 heteroatoms. The standard InChI is InChI=1S/C23H19F3OS/c1-14-6-11-21(28-14)16-7-8-17(19(24)12-16)18-9-10-20(23(26)22(18)25)27-13-15-4-2-3-5-15/h2,4,6-12,15H,3,5,13H2,1H3. The second-order valence-electron chi connectivity index (χ2n) is 6.92. The van der Waals surface area contributed by atoms with E-state index in [1.54, 1.807) is 17.4 Å². The number of thiophene rings is 1. The van der Waals surface area contributed by atoms with E-state index in [-0.39, 0.29) is 22.8 Å². The van der Waals surface area contributed by atoms with Crippen LogP contribution in [0, 0.1) is 30.3 Å². The van der Waals surface area contributed by atoms with Gasteiger partial charge >= 0.3 is 0 Å². The van der Waals surface area contributed by atoms with Crippen molar-refractivity contribution in [2.24, 2.45) is 5.92 Å². The second-order valence-corrected chi connectivity index (χ2v) is 8.21. The summed E-state index contributed by atoms with van der Waals surface area (Å²) in [5, 5.41) is 0. The summed E-state index contributed by atoms with van der Waals surface area (Å²) in [6.07, 6.45) is 6.00. The number of ether oxygens (including phenoxy) is 1. The SMILES string of the molecule is Cc1ccc(-c2ccc(-c3ccc(OCC4C=CCC4)c(F)c3F)c(F)c2)s1. The Hall–Kier alpha value is -2.53. The molecule has 0 radical (unpaired) electrons. The predicted octanol–water partition coefficient (Wildman–Crippen LogP) is 7.15. The molecule has 1 atom stereocenters. The normalized spacial score (nSPS) is 15.9. The van der Waals surface area contributed by atoms with E-state index in [1.807, 2.05) is 25.1 Å². The quantitative estimate of drug-likeness (QED) is 0.413. The zero-order chi connectivity index (χ0) is 19.7. The molecule has 4 rings (SSSR count). The number of benzene rings is 2. The number of hydrogen-bond acceptors (Lipinski definition) is 2. The molecule has 1 aliphatic carbocycles. The molecule has 3 aromatic rings. The largest absolute Gasteiger partial charge is 0.490 e. The smallest absolute Gasteiger partial charge is 0.201 e. The molecule has 1 aromatic heterocycles.